The Hall–Kier alpha value is -1.85. The standard InChI is InChI=1S/C14H21N5O5/c1-22-10-2-8(5-23-9(3-20)4-21)24-14(10)19-7-18-11-12(15)16-6-17-13(11)19/h6-10,14,20-21H,2-5H2,1H3,(H2,15,16,17)/t8-,10+,14+/m0/s1. The largest absolute Gasteiger partial charge is 0.394 e. The molecule has 4 N–H and O–H groups in total. The summed E-state index contributed by atoms with van der Waals surface area (Å²) in [6, 6.07) is 0. The van der Waals surface area contributed by atoms with Crippen molar-refractivity contribution >= 4 is 17.0 Å². The van der Waals surface area contributed by atoms with E-state index in [-0.39, 0.29) is 32.0 Å². The van der Waals surface area contributed by atoms with Gasteiger partial charge in [-0.15, -0.1) is 0 Å². The van der Waals surface area contributed by atoms with Gasteiger partial charge in [0, 0.05) is 13.5 Å². The third-order valence-corrected chi connectivity index (χ3v) is 4.03. The number of aliphatic hydroxyl groups excluding tert-OH is 2. The van der Waals surface area contributed by atoms with Crippen molar-refractivity contribution in [2.24, 2.45) is 0 Å². The Balaban J connectivity index is 1.76. The summed E-state index contributed by atoms with van der Waals surface area (Å²) in [7, 11) is 1.61. The van der Waals surface area contributed by atoms with Crippen LogP contribution in [0.5, 0.6) is 0 Å². The number of methoxy groups -OCH3 is 1. The van der Waals surface area contributed by atoms with E-state index in [1.54, 1.807) is 18.0 Å². The van der Waals surface area contributed by atoms with Crippen molar-refractivity contribution < 1.29 is 24.4 Å². The molecule has 132 valence electrons. The average molecular weight is 339 g/mol. The predicted molar refractivity (Wildman–Crippen MR) is 83.0 cm³/mol. The molecule has 2 aromatic heterocycles. The van der Waals surface area contributed by atoms with Crippen LogP contribution in [-0.4, -0.2) is 75.0 Å². The molecule has 1 aliphatic heterocycles. The van der Waals surface area contributed by atoms with E-state index in [0.29, 0.717) is 23.4 Å². The maximum Gasteiger partial charge on any atom is 0.167 e. The number of imidazole rings is 1. The highest BCUT2D eigenvalue weighted by atomic mass is 16.6. The van der Waals surface area contributed by atoms with Crippen molar-refractivity contribution in [3.63, 3.8) is 0 Å². The van der Waals surface area contributed by atoms with E-state index in [1.165, 1.54) is 6.33 Å². The van der Waals surface area contributed by atoms with E-state index in [4.69, 9.17) is 30.2 Å². The molecule has 0 saturated carbocycles. The molecule has 24 heavy (non-hydrogen) atoms. The zero-order chi connectivity index (χ0) is 17.1. The van der Waals surface area contributed by atoms with Crippen molar-refractivity contribution in [1.29, 1.82) is 0 Å². The molecule has 1 fully saturated rings. The van der Waals surface area contributed by atoms with Gasteiger partial charge in [-0.05, 0) is 0 Å². The molecule has 10 nitrogen and oxygen atoms in total. The number of nitrogens with two attached hydrogens (primary N) is 1. The van der Waals surface area contributed by atoms with Crippen molar-refractivity contribution in [3.05, 3.63) is 12.7 Å². The van der Waals surface area contributed by atoms with Gasteiger partial charge in [-0.25, -0.2) is 15.0 Å². The smallest absolute Gasteiger partial charge is 0.167 e. The first-order valence-electron chi connectivity index (χ1n) is 7.62. The number of hydrogen-bond donors (Lipinski definition) is 3. The minimum Gasteiger partial charge on any atom is -0.394 e. The number of nitrogens with zero attached hydrogens (tertiary/aromatic N) is 4. The fraction of sp³-hybridized carbons (Fsp3) is 0.643. The molecule has 0 aromatic carbocycles. The zero-order valence-corrected chi connectivity index (χ0v) is 13.3. The Morgan fingerprint density at radius 1 is 1.38 bits per heavy atom. The van der Waals surface area contributed by atoms with Crippen LogP contribution >= 0.6 is 0 Å². The Morgan fingerprint density at radius 3 is 2.88 bits per heavy atom. The van der Waals surface area contributed by atoms with Crippen molar-refractivity contribution in [2.45, 2.75) is 31.0 Å². The third kappa shape index (κ3) is 3.19. The highest BCUT2D eigenvalue weighted by Gasteiger charge is 2.38. The fourth-order valence-electron chi connectivity index (χ4n) is 2.74. The summed E-state index contributed by atoms with van der Waals surface area (Å²) in [5, 5.41) is 18.1. The number of aliphatic hydroxyl groups is 2. The number of hydrogen-bond acceptors (Lipinski definition) is 9. The van der Waals surface area contributed by atoms with Gasteiger partial charge in [0.05, 0.1) is 32.3 Å². The summed E-state index contributed by atoms with van der Waals surface area (Å²) in [4.78, 5) is 12.4. The van der Waals surface area contributed by atoms with Crippen molar-refractivity contribution in [3.8, 4) is 0 Å². The molecule has 0 bridgehead atoms. The molecular formula is C14H21N5O5. The molecule has 10 heteroatoms. The molecule has 2 aromatic rings. The van der Waals surface area contributed by atoms with Gasteiger partial charge in [0.1, 0.15) is 24.1 Å². The molecule has 3 atom stereocenters. The van der Waals surface area contributed by atoms with E-state index in [9.17, 15) is 0 Å². The summed E-state index contributed by atoms with van der Waals surface area (Å²) < 4.78 is 18.7. The topological polar surface area (TPSA) is 138 Å². The Labute approximate surface area is 138 Å². The Bertz CT molecular complexity index is 677. The molecule has 0 aliphatic carbocycles. The van der Waals surface area contributed by atoms with Crippen LogP contribution < -0.4 is 5.73 Å². The molecular weight excluding hydrogens is 318 g/mol. The SMILES string of the molecule is CO[C@@H]1C[C@@H](COC(CO)CO)O[C@H]1n1cnc2c(N)ncnc21. The lowest BCUT2D eigenvalue weighted by Crippen LogP contribution is -2.27. The first-order valence-corrected chi connectivity index (χ1v) is 7.62. The van der Waals surface area contributed by atoms with Crippen molar-refractivity contribution in [1.82, 2.24) is 19.5 Å². The number of rotatable bonds is 7. The lowest BCUT2D eigenvalue weighted by Gasteiger charge is -2.19. The molecule has 0 radical (unpaired) electrons. The van der Waals surface area contributed by atoms with Gasteiger partial charge in [0.25, 0.3) is 0 Å². The summed E-state index contributed by atoms with van der Waals surface area (Å²) in [5.41, 5.74) is 6.89. The van der Waals surface area contributed by atoms with Crippen LogP contribution in [0.1, 0.15) is 12.6 Å². The van der Waals surface area contributed by atoms with Gasteiger partial charge < -0.3 is 30.2 Å². The second-order valence-electron chi connectivity index (χ2n) is 5.56. The van der Waals surface area contributed by atoms with Crippen LogP contribution in [0.25, 0.3) is 11.2 Å². The maximum absolute atomic E-state index is 9.06. The molecule has 3 heterocycles. The van der Waals surface area contributed by atoms with Gasteiger partial charge in [-0.2, -0.15) is 0 Å². The van der Waals surface area contributed by atoms with E-state index < -0.39 is 12.3 Å². The molecule has 1 saturated heterocycles. The average Bonchev–Trinajstić information content (AvgIpc) is 3.20. The molecule has 3 rings (SSSR count). The lowest BCUT2D eigenvalue weighted by molar-refractivity contribution is -0.0917. The van der Waals surface area contributed by atoms with E-state index in [2.05, 4.69) is 15.0 Å². The quantitative estimate of drug-likeness (QED) is 0.584. The minimum atomic E-state index is -0.616. The van der Waals surface area contributed by atoms with Gasteiger partial charge in [0.15, 0.2) is 17.7 Å². The second kappa shape index (κ2) is 7.36. The molecule has 0 unspecified atom stereocenters. The Morgan fingerprint density at radius 2 is 2.17 bits per heavy atom. The number of aromatic nitrogens is 4. The van der Waals surface area contributed by atoms with Gasteiger partial charge in [0.2, 0.25) is 0 Å². The van der Waals surface area contributed by atoms with E-state index in [0.717, 1.165) is 0 Å². The van der Waals surface area contributed by atoms with Crippen LogP contribution in [-0.2, 0) is 14.2 Å². The number of nitrogen functional groups attached to an aromatic ring is 1. The van der Waals surface area contributed by atoms with Crippen LogP contribution in [0.3, 0.4) is 0 Å². The molecule has 0 amide bonds. The zero-order valence-electron chi connectivity index (χ0n) is 13.3. The molecule has 1 aliphatic rings. The normalized spacial score (nSPS) is 24.2. The van der Waals surface area contributed by atoms with E-state index >= 15 is 0 Å². The monoisotopic (exact) mass is 339 g/mol. The predicted octanol–water partition coefficient (Wildman–Crippen LogP) is -0.919. The van der Waals surface area contributed by atoms with Crippen molar-refractivity contribution in [2.75, 3.05) is 32.7 Å². The lowest BCUT2D eigenvalue weighted by atomic mass is 10.2. The summed E-state index contributed by atoms with van der Waals surface area (Å²) in [6.07, 6.45) is 2.08. The van der Waals surface area contributed by atoms with Crippen LogP contribution in [0.2, 0.25) is 0 Å². The number of ether oxygens (including phenoxy) is 3. The van der Waals surface area contributed by atoms with E-state index in [1.807, 2.05) is 0 Å². The number of fused-ring (bicyclic) bond motifs is 1. The maximum atomic E-state index is 9.06. The third-order valence-electron chi connectivity index (χ3n) is 4.03. The Kier molecular flexibility index (Phi) is 5.21. The fourth-order valence-corrected chi connectivity index (χ4v) is 2.74. The van der Waals surface area contributed by atoms with Gasteiger partial charge in [-0.1, -0.05) is 0 Å². The highest BCUT2D eigenvalue weighted by molar-refractivity contribution is 5.81. The van der Waals surface area contributed by atoms with Crippen LogP contribution in [0.15, 0.2) is 12.7 Å². The minimum absolute atomic E-state index is 0.214. The highest BCUT2D eigenvalue weighted by Crippen LogP contribution is 2.33. The van der Waals surface area contributed by atoms with Gasteiger partial charge in [-0.3, -0.25) is 4.57 Å². The molecule has 0 spiro atoms. The second-order valence-corrected chi connectivity index (χ2v) is 5.56. The summed E-state index contributed by atoms with van der Waals surface area (Å²) in [5.74, 6) is 0.305. The summed E-state index contributed by atoms with van der Waals surface area (Å²) >= 11 is 0. The van der Waals surface area contributed by atoms with Crippen LogP contribution in [0.4, 0.5) is 5.82 Å². The summed E-state index contributed by atoms with van der Waals surface area (Å²) in [6.45, 7) is -0.253. The van der Waals surface area contributed by atoms with Crippen LogP contribution in [0, 0.1) is 0 Å². The van der Waals surface area contributed by atoms with Gasteiger partial charge >= 0.3 is 0 Å². The first-order chi connectivity index (χ1) is 11.7. The number of anilines is 1. The first kappa shape index (κ1) is 17.0.